The summed E-state index contributed by atoms with van der Waals surface area (Å²) < 4.78 is 5.09. The molecule has 0 unspecified atom stereocenters. The highest BCUT2D eigenvalue weighted by Crippen LogP contribution is 2.22. The number of hydrogen-bond donors (Lipinski definition) is 0. The van der Waals surface area contributed by atoms with Crippen molar-refractivity contribution in [3.05, 3.63) is 65.3 Å². The Balaban J connectivity index is 1.89. The fourth-order valence-electron chi connectivity index (χ4n) is 2.25. The second-order valence-corrected chi connectivity index (χ2v) is 4.67. The number of hydrogen-bond acceptors (Lipinski definition) is 5. The van der Waals surface area contributed by atoms with Gasteiger partial charge in [-0.15, -0.1) is 0 Å². The van der Waals surface area contributed by atoms with Crippen LogP contribution in [0.1, 0.15) is 26.4 Å². The highest BCUT2D eigenvalue weighted by molar-refractivity contribution is 6.23. The normalized spacial score (nSPS) is 13.7. The van der Waals surface area contributed by atoms with Crippen LogP contribution in [0.4, 0.5) is 0 Å². The van der Waals surface area contributed by atoms with Crippen molar-refractivity contribution in [2.75, 3.05) is 7.11 Å². The Bertz CT molecular complexity index is 748. The van der Waals surface area contributed by atoms with Gasteiger partial charge in [0.2, 0.25) is 5.78 Å². The zero-order valence-electron chi connectivity index (χ0n) is 11.4. The Labute approximate surface area is 121 Å². The minimum absolute atomic E-state index is 0.175. The van der Waals surface area contributed by atoms with Crippen LogP contribution in [-0.4, -0.2) is 28.6 Å². The molecule has 5 heteroatoms. The lowest BCUT2D eigenvalue weighted by molar-refractivity contribution is 0.0978. The molecule has 0 spiro atoms. The first-order valence-electron chi connectivity index (χ1n) is 6.41. The highest BCUT2D eigenvalue weighted by atomic mass is 16.5. The Morgan fingerprint density at radius 2 is 1.90 bits per heavy atom. The number of fused-ring (bicyclic) bond motifs is 1. The Morgan fingerprint density at radius 3 is 2.62 bits per heavy atom. The third-order valence-electron chi connectivity index (χ3n) is 3.34. The second-order valence-electron chi connectivity index (χ2n) is 4.67. The maximum atomic E-state index is 12.4. The van der Waals surface area contributed by atoms with E-state index < -0.39 is 0 Å². The summed E-state index contributed by atoms with van der Waals surface area (Å²) in [6.07, 6.45) is 4.42. The highest BCUT2D eigenvalue weighted by Gasteiger charge is 2.26. The van der Waals surface area contributed by atoms with Crippen LogP contribution in [0.15, 0.2) is 48.4 Å². The summed E-state index contributed by atoms with van der Waals surface area (Å²) in [5.74, 6) is 0.300. The van der Waals surface area contributed by atoms with Crippen molar-refractivity contribution in [2.45, 2.75) is 6.42 Å². The van der Waals surface area contributed by atoms with Gasteiger partial charge in [0.05, 0.1) is 12.7 Å². The van der Waals surface area contributed by atoms with E-state index in [4.69, 9.17) is 4.74 Å². The van der Waals surface area contributed by atoms with Crippen LogP contribution in [0.25, 0.3) is 0 Å². The third kappa shape index (κ3) is 2.45. The van der Waals surface area contributed by atoms with E-state index in [1.807, 2.05) is 24.3 Å². The van der Waals surface area contributed by atoms with Gasteiger partial charge in [-0.25, -0.2) is 9.97 Å². The van der Waals surface area contributed by atoms with Crippen LogP contribution in [0.5, 0.6) is 5.75 Å². The van der Waals surface area contributed by atoms with Gasteiger partial charge in [-0.1, -0.05) is 12.1 Å². The summed E-state index contributed by atoms with van der Waals surface area (Å²) in [6, 6.07) is 7.38. The average Bonchev–Trinajstić information content (AvgIpc) is 2.53. The summed E-state index contributed by atoms with van der Waals surface area (Å²) in [5.41, 5.74) is 1.83. The quantitative estimate of drug-likeness (QED) is 0.860. The van der Waals surface area contributed by atoms with Crippen molar-refractivity contribution in [1.82, 2.24) is 9.97 Å². The number of ether oxygens (including phenoxy) is 1. The van der Waals surface area contributed by atoms with Crippen LogP contribution in [0.2, 0.25) is 0 Å². The van der Waals surface area contributed by atoms with Crippen LogP contribution >= 0.6 is 0 Å². The molecule has 1 aliphatic carbocycles. The minimum Gasteiger partial charge on any atom is -0.497 e. The summed E-state index contributed by atoms with van der Waals surface area (Å²) in [6.45, 7) is 0. The molecule has 0 bridgehead atoms. The van der Waals surface area contributed by atoms with Crippen LogP contribution in [-0.2, 0) is 6.42 Å². The van der Waals surface area contributed by atoms with Crippen molar-refractivity contribution in [3.63, 3.8) is 0 Å². The Hall–Kier alpha value is -2.82. The van der Waals surface area contributed by atoms with Crippen molar-refractivity contribution in [3.8, 4) is 5.75 Å². The lowest BCUT2D eigenvalue weighted by Gasteiger charge is -2.13. The second kappa shape index (κ2) is 5.28. The van der Waals surface area contributed by atoms with E-state index in [0.717, 1.165) is 11.3 Å². The first-order valence-corrected chi connectivity index (χ1v) is 6.41. The molecule has 0 saturated heterocycles. The molecule has 0 saturated carbocycles. The van der Waals surface area contributed by atoms with Gasteiger partial charge < -0.3 is 4.74 Å². The summed E-state index contributed by atoms with van der Waals surface area (Å²) in [4.78, 5) is 32.0. The van der Waals surface area contributed by atoms with Crippen molar-refractivity contribution in [2.24, 2.45) is 0 Å². The average molecular weight is 280 g/mol. The third-order valence-corrected chi connectivity index (χ3v) is 3.34. The molecule has 1 heterocycles. The SMILES string of the molecule is COc1ccc(CC2=CC(=O)c3ncncc3C2=O)cc1. The van der Waals surface area contributed by atoms with Gasteiger partial charge in [0, 0.05) is 18.2 Å². The van der Waals surface area contributed by atoms with E-state index in [0.29, 0.717) is 12.0 Å². The largest absolute Gasteiger partial charge is 0.497 e. The fourth-order valence-corrected chi connectivity index (χ4v) is 2.25. The molecule has 1 aliphatic rings. The molecule has 2 aromatic rings. The zero-order valence-corrected chi connectivity index (χ0v) is 11.4. The standard InChI is InChI=1S/C16H12N2O3/c1-21-12-4-2-10(3-5-12)6-11-7-14(19)15-13(16(11)20)8-17-9-18-15/h2-5,7-9H,6H2,1H3. The number of nitrogens with zero attached hydrogens (tertiary/aromatic N) is 2. The number of carbonyl (C=O) groups is 2. The van der Waals surface area contributed by atoms with Gasteiger partial charge in [-0.3, -0.25) is 9.59 Å². The topological polar surface area (TPSA) is 69.2 Å². The van der Waals surface area contributed by atoms with Crippen molar-refractivity contribution >= 4 is 11.6 Å². The summed E-state index contributed by atoms with van der Waals surface area (Å²) in [5, 5.41) is 0. The fraction of sp³-hybridized carbons (Fsp3) is 0.125. The molecule has 0 aliphatic heterocycles. The van der Waals surface area contributed by atoms with E-state index >= 15 is 0 Å². The molecule has 21 heavy (non-hydrogen) atoms. The summed E-state index contributed by atoms with van der Waals surface area (Å²) in [7, 11) is 1.60. The number of benzene rings is 1. The number of rotatable bonds is 3. The molecular formula is C16H12N2O3. The van der Waals surface area contributed by atoms with Gasteiger partial charge in [-0.2, -0.15) is 0 Å². The Morgan fingerprint density at radius 1 is 1.14 bits per heavy atom. The number of ketones is 2. The number of methoxy groups -OCH3 is 1. The molecular weight excluding hydrogens is 268 g/mol. The first-order chi connectivity index (χ1) is 10.2. The van der Waals surface area contributed by atoms with Gasteiger partial charge >= 0.3 is 0 Å². The van der Waals surface area contributed by atoms with Crippen molar-refractivity contribution < 1.29 is 14.3 Å². The number of allylic oxidation sites excluding steroid dienone is 2. The molecule has 104 valence electrons. The van der Waals surface area contributed by atoms with Crippen LogP contribution in [0, 0.1) is 0 Å². The molecule has 0 N–H and O–H groups in total. The molecule has 1 aromatic heterocycles. The molecule has 0 atom stereocenters. The summed E-state index contributed by atoms with van der Waals surface area (Å²) >= 11 is 0. The smallest absolute Gasteiger partial charge is 0.205 e. The Kier molecular flexibility index (Phi) is 3.31. The van der Waals surface area contributed by atoms with Crippen LogP contribution in [0.3, 0.4) is 0 Å². The molecule has 0 amide bonds. The monoisotopic (exact) mass is 280 g/mol. The van der Waals surface area contributed by atoms with Gasteiger partial charge in [0.1, 0.15) is 17.8 Å². The van der Waals surface area contributed by atoms with Gasteiger partial charge in [0.25, 0.3) is 0 Å². The van der Waals surface area contributed by atoms with E-state index in [9.17, 15) is 9.59 Å². The number of carbonyl (C=O) groups excluding carboxylic acids is 2. The van der Waals surface area contributed by atoms with Crippen molar-refractivity contribution in [1.29, 1.82) is 0 Å². The lowest BCUT2D eigenvalue weighted by atomic mass is 9.90. The predicted molar refractivity (Wildman–Crippen MR) is 75.5 cm³/mol. The van der Waals surface area contributed by atoms with E-state index in [-0.39, 0.29) is 22.8 Å². The molecule has 5 nitrogen and oxygen atoms in total. The van der Waals surface area contributed by atoms with Gasteiger partial charge in [-0.05, 0) is 23.8 Å². The zero-order chi connectivity index (χ0) is 14.8. The minimum atomic E-state index is -0.254. The lowest BCUT2D eigenvalue weighted by Crippen LogP contribution is -2.20. The van der Waals surface area contributed by atoms with E-state index in [1.165, 1.54) is 18.6 Å². The maximum Gasteiger partial charge on any atom is 0.205 e. The predicted octanol–water partition coefficient (Wildman–Crippen LogP) is 2.03. The first kappa shape index (κ1) is 13.2. The molecule has 1 aromatic carbocycles. The number of Topliss-reactive ketones (excluding diaryl/α,β-unsaturated/α-hetero) is 1. The molecule has 0 radical (unpaired) electrons. The van der Waals surface area contributed by atoms with E-state index in [2.05, 4.69) is 9.97 Å². The molecule has 3 rings (SSSR count). The molecule has 0 fully saturated rings. The number of aromatic nitrogens is 2. The van der Waals surface area contributed by atoms with Crippen LogP contribution < -0.4 is 4.74 Å². The van der Waals surface area contributed by atoms with Gasteiger partial charge in [0.15, 0.2) is 5.78 Å². The van der Waals surface area contributed by atoms with E-state index in [1.54, 1.807) is 7.11 Å². The maximum absolute atomic E-state index is 12.4.